The average molecular weight is 369 g/mol. The van der Waals surface area contributed by atoms with Gasteiger partial charge in [0.2, 0.25) is 0 Å². The number of rotatable bonds is 4. The number of nitrogens with zero attached hydrogens (tertiary/aromatic N) is 3. The van der Waals surface area contributed by atoms with Crippen molar-refractivity contribution >= 4 is 23.1 Å². The maximum Gasteiger partial charge on any atom is 0.275 e. The first-order valence-corrected chi connectivity index (χ1v) is 9.67. The van der Waals surface area contributed by atoms with Crippen molar-refractivity contribution in [3.8, 4) is 10.6 Å². The zero-order chi connectivity index (χ0) is 18.5. The third-order valence-corrected chi connectivity index (χ3v) is 5.45. The van der Waals surface area contributed by atoms with Gasteiger partial charge in [-0.1, -0.05) is 0 Å². The van der Waals surface area contributed by atoms with Crippen LogP contribution < -0.4 is 5.32 Å². The van der Waals surface area contributed by atoms with Crippen LogP contribution in [0.1, 0.15) is 60.6 Å². The molecule has 3 aromatic rings. The van der Waals surface area contributed by atoms with Gasteiger partial charge in [-0.05, 0) is 58.7 Å². The van der Waals surface area contributed by atoms with Crippen molar-refractivity contribution in [2.75, 3.05) is 5.32 Å². The highest BCUT2D eigenvalue weighted by molar-refractivity contribution is 7.15. The van der Waals surface area contributed by atoms with Gasteiger partial charge in [0.15, 0.2) is 5.82 Å². The molecule has 1 saturated carbocycles. The molecule has 0 spiro atoms. The standard InChI is InChI=1S/C19H23N5OS/c1-11-5-8-16(26-11)14-10-17(22-21-14)20-18(25)15-9-13(12-6-7-12)23-24(15)19(2,3)4/h5,8-10,12H,6-7H2,1-4H3,(H2,20,21,22,25). The molecule has 3 heterocycles. The summed E-state index contributed by atoms with van der Waals surface area (Å²) in [6.07, 6.45) is 2.32. The highest BCUT2D eigenvalue weighted by Gasteiger charge is 2.31. The Morgan fingerprint density at radius 1 is 1.31 bits per heavy atom. The van der Waals surface area contributed by atoms with E-state index in [4.69, 9.17) is 5.10 Å². The maximum absolute atomic E-state index is 12.9. The summed E-state index contributed by atoms with van der Waals surface area (Å²) in [5.74, 6) is 0.842. The summed E-state index contributed by atoms with van der Waals surface area (Å²) in [5.41, 5.74) is 2.24. The fraction of sp³-hybridized carbons (Fsp3) is 0.421. The highest BCUT2D eigenvalue weighted by atomic mass is 32.1. The van der Waals surface area contributed by atoms with Gasteiger partial charge in [-0.3, -0.25) is 14.6 Å². The molecule has 0 radical (unpaired) electrons. The molecule has 2 N–H and O–H groups in total. The topological polar surface area (TPSA) is 75.6 Å². The molecule has 3 aromatic heterocycles. The van der Waals surface area contributed by atoms with Crippen LogP contribution in [0.5, 0.6) is 0 Å². The van der Waals surface area contributed by atoms with Gasteiger partial charge >= 0.3 is 0 Å². The van der Waals surface area contributed by atoms with Gasteiger partial charge in [0.05, 0.1) is 21.8 Å². The number of amides is 1. The minimum absolute atomic E-state index is 0.181. The Hall–Kier alpha value is -2.41. The molecule has 1 fully saturated rings. The average Bonchev–Trinajstić information content (AvgIpc) is 2.99. The predicted octanol–water partition coefficient (Wildman–Crippen LogP) is 4.53. The molecule has 0 bridgehead atoms. The molecular weight excluding hydrogens is 346 g/mol. The van der Waals surface area contributed by atoms with Crippen LogP contribution in [0.2, 0.25) is 0 Å². The number of aryl methyl sites for hydroxylation is 1. The van der Waals surface area contributed by atoms with E-state index in [0.717, 1.165) is 29.1 Å². The quantitative estimate of drug-likeness (QED) is 0.709. The summed E-state index contributed by atoms with van der Waals surface area (Å²) in [5, 5.41) is 14.8. The molecule has 4 rings (SSSR count). The Bertz CT molecular complexity index is 955. The Morgan fingerprint density at radius 2 is 2.08 bits per heavy atom. The first-order valence-electron chi connectivity index (χ1n) is 8.85. The predicted molar refractivity (Wildman–Crippen MR) is 104 cm³/mol. The molecule has 1 aliphatic rings. The second-order valence-corrected chi connectivity index (χ2v) is 9.13. The van der Waals surface area contributed by atoms with E-state index in [-0.39, 0.29) is 11.4 Å². The highest BCUT2D eigenvalue weighted by Crippen LogP contribution is 2.40. The fourth-order valence-electron chi connectivity index (χ4n) is 2.92. The Labute approximate surface area is 156 Å². The van der Waals surface area contributed by atoms with Crippen molar-refractivity contribution in [3.05, 3.63) is 40.5 Å². The van der Waals surface area contributed by atoms with Crippen LogP contribution >= 0.6 is 11.3 Å². The minimum Gasteiger partial charge on any atom is -0.304 e. The van der Waals surface area contributed by atoms with Crippen LogP contribution in [-0.4, -0.2) is 25.9 Å². The number of H-pyrrole nitrogens is 1. The number of nitrogens with one attached hydrogen (secondary N) is 2. The lowest BCUT2D eigenvalue weighted by Gasteiger charge is -2.21. The molecule has 0 aromatic carbocycles. The van der Waals surface area contributed by atoms with Gasteiger partial charge in [0, 0.05) is 16.9 Å². The van der Waals surface area contributed by atoms with Crippen LogP contribution in [0.25, 0.3) is 10.6 Å². The number of anilines is 1. The monoisotopic (exact) mass is 369 g/mol. The summed E-state index contributed by atoms with van der Waals surface area (Å²) in [7, 11) is 0. The first-order chi connectivity index (χ1) is 12.3. The van der Waals surface area contributed by atoms with Gasteiger partial charge in [-0.15, -0.1) is 11.3 Å². The minimum atomic E-state index is -0.259. The zero-order valence-corrected chi connectivity index (χ0v) is 16.3. The molecule has 0 saturated heterocycles. The molecule has 0 atom stereocenters. The lowest BCUT2D eigenvalue weighted by Crippen LogP contribution is -2.29. The maximum atomic E-state index is 12.9. The first kappa shape index (κ1) is 17.0. The molecular formula is C19H23N5OS. The van der Waals surface area contributed by atoms with E-state index in [0.29, 0.717) is 17.4 Å². The summed E-state index contributed by atoms with van der Waals surface area (Å²) in [4.78, 5) is 15.2. The van der Waals surface area contributed by atoms with Gasteiger partial charge in [0.25, 0.3) is 5.91 Å². The van der Waals surface area contributed by atoms with Gasteiger partial charge in [-0.25, -0.2) is 0 Å². The number of hydrogen-bond acceptors (Lipinski definition) is 4. The molecule has 1 amide bonds. The van der Waals surface area contributed by atoms with E-state index in [9.17, 15) is 4.79 Å². The SMILES string of the molecule is Cc1ccc(-c2cc(NC(=O)c3cc(C4CC4)nn3C(C)(C)C)n[nH]2)s1. The van der Waals surface area contributed by atoms with E-state index in [1.54, 1.807) is 11.3 Å². The molecule has 26 heavy (non-hydrogen) atoms. The van der Waals surface area contributed by atoms with Crippen LogP contribution in [-0.2, 0) is 5.54 Å². The summed E-state index contributed by atoms with van der Waals surface area (Å²) in [6.45, 7) is 8.23. The van der Waals surface area contributed by atoms with Crippen LogP contribution in [0.15, 0.2) is 24.3 Å². The van der Waals surface area contributed by atoms with Crippen LogP contribution in [0, 0.1) is 6.92 Å². The lowest BCUT2D eigenvalue weighted by molar-refractivity contribution is 0.100. The number of aromatic nitrogens is 4. The second kappa shape index (κ2) is 6.09. The molecule has 0 unspecified atom stereocenters. The molecule has 1 aliphatic carbocycles. The van der Waals surface area contributed by atoms with Crippen molar-refractivity contribution in [3.63, 3.8) is 0 Å². The number of hydrogen-bond donors (Lipinski definition) is 2. The Kier molecular flexibility index (Phi) is 3.99. The molecule has 7 heteroatoms. The number of carbonyl (C=O) groups excluding carboxylic acids is 1. The third-order valence-electron chi connectivity index (χ3n) is 4.42. The second-order valence-electron chi connectivity index (χ2n) is 7.84. The number of carbonyl (C=O) groups is 1. The number of aromatic amines is 1. The van der Waals surface area contributed by atoms with Crippen LogP contribution in [0.3, 0.4) is 0 Å². The zero-order valence-electron chi connectivity index (χ0n) is 15.5. The van der Waals surface area contributed by atoms with E-state index >= 15 is 0 Å². The van der Waals surface area contributed by atoms with Crippen molar-refractivity contribution in [2.45, 2.75) is 52.0 Å². The molecule has 136 valence electrons. The van der Waals surface area contributed by atoms with E-state index in [2.05, 4.69) is 55.3 Å². The van der Waals surface area contributed by atoms with E-state index in [1.807, 2.05) is 16.8 Å². The lowest BCUT2D eigenvalue weighted by atomic mass is 10.1. The summed E-state index contributed by atoms with van der Waals surface area (Å²) < 4.78 is 1.83. The summed E-state index contributed by atoms with van der Waals surface area (Å²) >= 11 is 1.69. The smallest absolute Gasteiger partial charge is 0.275 e. The van der Waals surface area contributed by atoms with Gasteiger partial charge in [0.1, 0.15) is 5.69 Å². The van der Waals surface area contributed by atoms with E-state index < -0.39 is 0 Å². The summed E-state index contributed by atoms with van der Waals surface area (Å²) in [6, 6.07) is 7.91. The Morgan fingerprint density at radius 3 is 2.69 bits per heavy atom. The molecule has 0 aliphatic heterocycles. The van der Waals surface area contributed by atoms with Crippen molar-refractivity contribution < 1.29 is 4.79 Å². The van der Waals surface area contributed by atoms with Gasteiger partial charge < -0.3 is 5.32 Å². The Balaban J connectivity index is 1.58. The van der Waals surface area contributed by atoms with Crippen molar-refractivity contribution in [1.29, 1.82) is 0 Å². The molecule has 6 nitrogen and oxygen atoms in total. The largest absolute Gasteiger partial charge is 0.304 e. The third kappa shape index (κ3) is 3.31. The van der Waals surface area contributed by atoms with E-state index in [1.165, 1.54) is 4.88 Å². The van der Waals surface area contributed by atoms with Gasteiger partial charge in [-0.2, -0.15) is 10.2 Å². The number of thiophene rings is 1. The van der Waals surface area contributed by atoms with Crippen molar-refractivity contribution in [1.82, 2.24) is 20.0 Å². The van der Waals surface area contributed by atoms with Crippen molar-refractivity contribution in [2.24, 2.45) is 0 Å². The van der Waals surface area contributed by atoms with Crippen LogP contribution in [0.4, 0.5) is 5.82 Å². The fourth-order valence-corrected chi connectivity index (χ4v) is 3.76. The normalized spacial score (nSPS) is 14.6.